The van der Waals surface area contributed by atoms with Gasteiger partial charge in [0, 0.05) is 87.1 Å². The molecule has 4 heteroatoms. The first kappa shape index (κ1) is 48.0. The number of hydrogen-bond donors (Lipinski definition) is 0. The molecular formula is C82H58N4. The van der Waals surface area contributed by atoms with Crippen molar-refractivity contribution in [3.05, 3.63) is 254 Å². The zero-order valence-corrected chi connectivity index (χ0v) is 48.9. The van der Waals surface area contributed by atoms with Gasteiger partial charge in [0.15, 0.2) is 0 Å². The lowest BCUT2D eigenvalue weighted by Crippen LogP contribution is -2.10. The van der Waals surface area contributed by atoms with Gasteiger partial charge in [-0.05, 0) is 164 Å². The third-order valence-electron chi connectivity index (χ3n) is 19.6. The molecule has 0 aliphatic carbocycles. The van der Waals surface area contributed by atoms with Crippen LogP contribution in [0, 0.1) is 0 Å². The first-order valence-corrected chi connectivity index (χ1v) is 30.4. The van der Waals surface area contributed by atoms with Crippen molar-refractivity contribution in [2.75, 3.05) is 0 Å². The van der Waals surface area contributed by atoms with Gasteiger partial charge in [-0.3, -0.25) is 0 Å². The van der Waals surface area contributed by atoms with Crippen LogP contribution in [-0.4, -0.2) is 17.9 Å². The van der Waals surface area contributed by atoms with Gasteiger partial charge in [-0.25, -0.2) is 0 Å². The van der Waals surface area contributed by atoms with Crippen LogP contribution in [0.25, 0.3) is 175 Å². The molecule has 0 unspecified atom stereocenters. The van der Waals surface area contributed by atoms with E-state index in [9.17, 15) is 0 Å². The first-order chi connectivity index (χ1) is 42.0. The molecule has 0 saturated heterocycles. The molecule has 0 saturated carbocycles. The fourth-order valence-electron chi connectivity index (χ4n) is 15.7. The van der Waals surface area contributed by atoms with Crippen LogP contribution in [-0.2, 0) is 10.8 Å². The van der Waals surface area contributed by atoms with Crippen LogP contribution in [0.2, 0.25) is 0 Å². The number of hydrogen-bond acceptors (Lipinski definition) is 0. The second-order valence-corrected chi connectivity index (χ2v) is 26.4. The summed E-state index contributed by atoms with van der Waals surface area (Å²) in [5.41, 5.74) is 22.1. The number of para-hydroxylation sites is 4. The molecule has 0 aliphatic heterocycles. The standard InChI is InChI=1S/C82H58N4/c1-81(2,3)51-43-63-61-39-47-21-13-15-27-55(47)73(49-33-35-69-59(41-49)57-29-17-19-31-67(57)83(69)53-23-9-7-10-24-53)79(61)85-71-37-38-72-76(75(71)65(45-51)77(63)85)66-46-52(82(4,5)6)44-64-62-40-48-22-14-16-28-56(48)74(80(62)86(72)78(64)66)50-34-36-70-60(42-50)58-30-18-20-32-68(58)84(70)54-25-11-8-12-26-54/h7-46H,1-6H3. The largest absolute Gasteiger partial charge is 0.309 e. The highest BCUT2D eigenvalue weighted by molar-refractivity contribution is 6.38. The van der Waals surface area contributed by atoms with E-state index in [0.717, 1.165) is 11.4 Å². The maximum atomic E-state index is 2.68. The molecule has 0 amide bonds. The Morgan fingerprint density at radius 2 is 0.581 bits per heavy atom. The second-order valence-electron chi connectivity index (χ2n) is 26.4. The molecule has 4 nitrogen and oxygen atoms in total. The van der Waals surface area contributed by atoms with Crippen molar-refractivity contribution < 1.29 is 0 Å². The molecule has 0 spiro atoms. The summed E-state index contributed by atoms with van der Waals surface area (Å²) < 4.78 is 10.2. The molecule has 0 N–H and O–H groups in total. The Labute approximate surface area is 496 Å². The lowest BCUT2D eigenvalue weighted by molar-refractivity contribution is 0.591. The molecule has 86 heavy (non-hydrogen) atoms. The predicted molar refractivity (Wildman–Crippen MR) is 368 cm³/mol. The number of benzene rings is 13. The molecule has 19 rings (SSSR count). The van der Waals surface area contributed by atoms with Gasteiger partial charge in [0.05, 0.1) is 55.2 Å². The van der Waals surface area contributed by atoms with E-state index in [0.29, 0.717) is 0 Å². The molecule has 0 fully saturated rings. The van der Waals surface area contributed by atoms with Crippen molar-refractivity contribution >= 4 is 141 Å². The minimum Gasteiger partial charge on any atom is -0.309 e. The highest BCUT2D eigenvalue weighted by atomic mass is 15.0. The summed E-state index contributed by atoms with van der Waals surface area (Å²) in [7, 11) is 0. The van der Waals surface area contributed by atoms with Crippen LogP contribution in [0.5, 0.6) is 0 Å². The first-order valence-electron chi connectivity index (χ1n) is 30.4. The zero-order valence-electron chi connectivity index (χ0n) is 48.9. The van der Waals surface area contributed by atoms with Crippen molar-refractivity contribution in [3.8, 4) is 33.6 Å². The van der Waals surface area contributed by atoms with Crippen molar-refractivity contribution in [1.29, 1.82) is 0 Å². The normalized spacial score (nSPS) is 13.0. The maximum absolute atomic E-state index is 2.68. The van der Waals surface area contributed by atoms with Crippen molar-refractivity contribution in [2.24, 2.45) is 0 Å². The van der Waals surface area contributed by atoms with Gasteiger partial charge >= 0.3 is 0 Å². The Morgan fingerprint density at radius 1 is 0.244 bits per heavy atom. The molecule has 406 valence electrons. The van der Waals surface area contributed by atoms with Crippen molar-refractivity contribution in [3.63, 3.8) is 0 Å². The SMILES string of the molecule is CC(C)(C)c1cc2c3cc4ccccc4c(-c4ccc5c(c4)c4ccccc4n5-c4ccccc4)c3n3c4ccc5c(c6cc(C(C)(C)C)cc7c8cc9ccccc9c(-c9ccc%10c(c9)c9ccccc9n%10-c9ccccc9)c8n5c76)c4c(c1)c23. The molecule has 0 atom stereocenters. The molecule has 19 aromatic rings. The zero-order chi connectivity index (χ0) is 57.2. The van der Waals surface area contributed by atoms with Crippen LogP contribution in [0.15, 0.2) is 243 Å². The third kappa shape index (κ3) is 6.27. The van der Waals surface area contributed by atoms with E-state index in [1.165, 1.54) is 175 Å². The van der Waals surface area contributed by atoms with E-state index in [1.54, 1.807) is 0 Å². The smallest absolute Gasteiger partial charge is 0.0626 e. The fraction of sp³-hybridized carbons (Fsp3) is 0.0976. The Bertz CT molecular complexity index is 5750. The highest BCUT2D eigenvalue weighted by Gasteiger charge is 2.31. The van der Waals surface area contributed by atoms with Crippen molar-refractivity contribution in [1.82, 2.24) is 17.9 Å². The summed E-state index contributed by atoms with van der Waals surface area (Å²) >= 11 is 0. The number of fused-ring (bicyclic) bond motifs is 21. The van der Waals surface area contributed by atoms with E-state index in [-0.39, 0.29) is 10.8 Å². The van der Waals surface area contributed by atoms with Gasteiger partial charge in [0.25, 0.3) is 0 Å². The van der Waals surface area contributed by atoms with E-state index in [2.05, 4.69) is 302 Å². The molecule has 0 bridgehead atoms. The lowest BCUT2D eigenvalue weighted by Gasteiger charge is -2.20. The van der Waals surface area contributed by atoms with Crippen LogP contribution < -0.4 is 0 Å². The van der Waals surface area contributed by atoms with Crippen molar-refractivity contribution in [2.45, 2.75) is 52.4 Å². The van der Waals surface area contributed by atoms with E-state index < -0.39 is 0 Å². The topological polar surface area (TPSA) is 18.7 Å². The number of aromatic nitrogens is 4. The molecule has 6 heterocycles. The predicted octanol–water partition coefficient (Wildman–Crippen LogP) is 22.4. The molecule has 6 aromatic heterocycles. The van der Waals surface area contributed by atoms with Gasteiger partial charge in [-0.2, -0.15) is 0 Å². The monoisotopic (exact) mass is 1100 g/mol. The van der Waals surface area contributed by atoms with Crippen LogP contribution in [0.4, 0.5) is 0 Å². The summed E-state index contributed by atoms with van der Waals surface area (Å²) in [6, 6.07) is 92.2. The Kier molecular flexibility index (Phi) is 9.31. The third-order valence-corrected chi connectivity index (χ3v) is 19.6. The molecular weight excluding hydrogens is 1040 g/mol. The molecule has 13 aromatic carbocycles. The summed E-state index contributed by atoms with van der Waals surface area (Å²) in [5.74, 6) is 0. The van der Waals surface area contributed by atoms with E-state index >= 15 is 0 Å². The lowest BCUT2D eigenvalue weighted by atomic mass is 9.84. The fourth-order valence-corrected chi connectivity index (χ4v) is 15.7. The summed E-state index contributed by atoms with van der Waals surface area (Å²) in [4.78, 5) is 0. The average molecular weight is 1100 g/mol. The Hall–Kier alpha value is -10.4. The minimum atomic E-state index is -0.122. The summed E-state index contributed by atoms with van der Waals surface area (Å²) in [6.07, 6.45) is 0. The minimum absolute atomic E-state index is 0.122. The van der Waals surface area contributed by atoms with Gasteiger partial charge in [-0.15, -0.1) is 0 Å². The van der Waals surface area contributed by atoms with Crippen LogP contribution in [0.1, 0.15) is 52.7 Å². The van der Waals surface area contributed by atoms with E-state index in [4.69, 9.17) is 0 Å². The van der Waals surface area contributed by atoms with Crippen LogP contribution in [0.3, 0.4) is 0 Å². The Morgan fingerprint density at radius 3 is 1.00 bits per heavy atom. The molecule has 0 aliphatic rings. The molecule has 0 radical (unpaired) electrons. The average Bonchev–Trinajstić information content (AvgIpc) is 1.51. The van der Waals surface area contributed by atoms with E-state index in [1.807, 2.05) is 0 Å². The quantitative estimate of drug-likeness (QED) is 0.167. The van der Waals surface area contributed by atoms with Crippen LogP contribution >= 0.6 is 0 Å². The second kappa shape index (κ2) is 16.7. The number of nitrogens with zero attached hydrogens (tertiary/aromatic N) is 4. The van der Waals surface area contributed by atoms with Gasteiger partial charge in [0.1, 0.15) is 0 Å². The Balaban J connectivity index is 0.971. The highest BCUT2D eigenvalue weighted by Crippen LogP contribution is 2.53. The van der Waals surface area contributed by atoms with Gasteiger partial charge in [-0.1, -0.05) is 175 Å². The van der Waals surface area contributed by atoms with Gasteiger partial charge < -0.3 is 17.9 Å². The summed E-state index contributed by atoms with van der Waals surface area (Å²) in [6.45, 7) is 14.3. The van der Waals surface area contributed by atoms with Gasteiger partial charge in [0.2, 0.25) is 0 Å². The maximum Gasteiger partial charge on any atom is 0.0626 e. The summed E-state index contributed by atoms with van der Waals surface area (Å²) in [5, 5.41) is 20.4. The number of rotatable bonds is 4.